The van der Waals surface area contributed by atoms with Crippen molar-refractivity contribution in [2.45, 2.75) is 39.3 Å². The number of hydrogen-bond donors (Lipinski definition) is 1. The molecule has 16 heavy (non-hydrogen) atoms. The average Bonchev–Trinajstić information content (AvgIpc) is 2.72. The van der Waals surface area contributed by atoms with Crippen LogP contribution in [0.1, 0.15) is 38.3 Å². The maximum absolute atomic E-state index is 4.32. The van der Waals surface area contributed by atoms with Crippen LogP contribution < -0.4 is 5.32 Å². The van der Waals surface area contributed by atoms with Gasteiger partial charge in [-0.3, -0.25) is 4.68 Å². The molecule has 0 fully saturated rings. The van der Waals surface area contributed by atoms with Gasteiger partial charge in [-0.2, -0.15) is 16.9 Å². The van der Waals surface area contributed by atoms with Gasteiger partial charge in [0.2, 0.25) is 0 Å². The van der Waals surface area contributed by atoms with Gasteiger partial charge in [0.1, 0.15) is 0 Å². The molecule has 3 nitrogen and oxygen atoms in total. The van der Waals surface area contributed by atoms with Crippen LogP contribution in [0.15, 0.2) is 12.4 Å². The highest BCUT2D eigenvalue weighted by Crippen LogP contribution is 2.05. The Balaban J connectivity index is 2.12. The molecule has 1 N–H and O–H groups in total. The molecule has 1 aromatic rings. The first-order chi connectivity index (χ1) is 7.74. The molecule has 1 rings (SSSR count). The molecule has 0 bridgehead atoms. The van der Waals surface area contributed by atoms with Crippen LogP contribution in [0.25, 0.3) is 0 Å². The molecule has 0 aromatic carbocycles. The van der Waals surface area contributed by atoms with E-state index in [9.17, 15) is 0 Å². The zero-order valence-electron chi connectivity index (χ0n) is 10.6. The first-order valence-corrected chi connectivity index (χ1v) is 7.36. The van der Waals surface area contributed by atoms with Crippen molar-refractivity contribution in [3.63, 3.8) is 0 Å². The van der Waals surface area contributed by atoms with Crippen molar-refractivity contribution >= 4 is 11.8 Å². The summed E-state index contributed by atoms with van der Waals surface area (Å²) in [6.45, 7) is 6.33. The SMILES string of the molecule is CSCCCCNCc1cnn(C(C)C)c1. The summed E-state index contributed by atoms with van der Waals surface area (Å²) in [4.78, 5) is 0. The third-order valence-corrected chi connectivity index (χ3v) is 3.16. The molecule has 92 valence electrons. The second kappa shape index (κ2) is 7.74. The van der Waals surface area contributed by atoms with Crippen molar-refractivity contribution < 1.29 is 0 Å². The summed E-state index contributed by atoms with van der Waals surface area (Å²) in [6, 6.07) is 0.454. The molecule has 0 aliphatic heterocycles. The predicted molar refractivity (Wildman–Crippen MR) is 71.9 cm³/mol. The van der Waals surface area contributed by atoms with Gasteiger partial charge in [-0.1, -0.05) is 0 Å². The summed E-state index contributed by atoms with van der Waals surface area (Å²) >= 11 is 1.92. The van der Waals surface area contributed by atoms with Gasteiger partial charge in [-0.05, 0) is 45.2 Å². The van der Waals surface area contributed by atoms with Crippen LogP contribution in [0.5, 0.6) is 0 Å². The monoisotopic (exact) mass is 241 g/mol. The van der Waals surface area contributed by atoms with Crippen molar-refractivity contribution in [2.75, 3.05) is 18.6 Å². The fourth-order valence-corrected chi connectivity index (χ4v) is 1.97. The molecule has 4 heteroatoms. The van der Waals surface area contributed by atoms with Gasteiger partial charge in [0.25, 0.3) is 0 Å². The lowest BCUT2D eigenvalue weighted by Crippen LogP contribution is -2.14. The first-order valence-electron chi connectivity index (χ1n) is 5.96. The highest BCUT2D eigenvalue weighted by molar-refractivity contribution is 7.98. The van der Waals surface area contributed by atoms with Gasteiger partial charge >= 0.3 is 0 Å². The molecule has 0 radical (unpaired) electrons. The topological polar surface area (TPSA) is 29.9 Å². The molecule has 1 aromatic heterocycles. The summed E-state index contributed by atoms with van der Waals surface area (Å²) in [7, 11) is 0. The Bertz CT molecular complexity index is 284. The van der Waals surface area contributed by atoms with Crippen LogP contribution in [-0.4, -0.2) is 28.3 Å². The maximum atomic E-state index is 4.32. The van der Waals surface area contributed by atoms with Gasteiger partial charge in [0, 0.05) is 24.3 Å². The molecule has 0 amide bonds. The molecule has 0 saturated heterocycles. The summed E-state index contributed by atoms with van der Waals surface area (Å²) in [5.74, 6) is 1.27. The Labute approximate surface area is 103 Å². The van der Waals surface area contributed by atoms with Gasteiger partial charge in [0.15, 0.2) is 0 Å². The number of aromatic nitrogens is 2. The Hall–Kier alpha value is -0.480. The van der Waals surface area contributed by atoms with Crippen molar-refractivity contribution in [1.82, 2.24) is 15.1 Å². The number of rotatable bonds is 8. The van der Waals surface area contributed by atoms with E-state index in [0.717, 1.165) is 13.1 Å². The molecular formula is C12H23N3S. The molecule has 1 heterocycles. The number of hydrogen-bond acceptors (Lipinski definition) is 3. The summed E-state index contributed by atoms with van der Waals surface area (Å²) in [6.07, 6.45) is 8.81. The van der Waals surface area contributed by atoms with Gasteiger partial charge in [-0.25, -0.2) is 0 Å². The zero-order chi connectivity index (χ0) is 11.8. The lowest BCUT2D eigenvalue weighted by atomic mass is 10.3. The molecule has 0 unspecified atom stereocenters. The quantitative estimate of drug-likeness (QED) is 0.710. The Morgan fingerprint density at radius 2 is 2.25 bits per heavy atom. The fraction of sp³-hybridized carbons (Fsp3) is 0.750. The number of nitrogens with zero attached hydrogens (tertiary/aromatic N) is 2. The van der Waals surface area contributed by atoms with Crippen molar-refractivity contribution in [3.8, 4) is 0 Å². The predicted octanol–water partition coefficient (Wildman–Crippen LogP) is 2.70. The lowest BCUT2D eigenvalue weighted by Gasteiger charge is -2.04. The van der Waals surface area contributed by atoms with E-state index in [1.54, 1.807) is 0 Å². The fourth-order valence-electron chi connectivity index (χ4n) is 1.48. The number of unbranched alkanes of at least 4 members (excludes halogenated alkanes) is 1. The Kier molecular flexibility index (Phi) is 6.57. The highest BCUT2D eigenvalue weighted by atomic mass is 32.2. The van der Waals surface area contributed by atoms with E-state index < -0.39 is 0 Å². The molecule has 0 atom stereocenters. The maximum Gasteiger partial charge on any atom is 0.0534 e. The molecule has 0 saturated carbocycles. The van der Waals surface area contributed by atoms with E-state index in [4.69, 9.17) is 0 Å². The number of nitrogens with one attached hydrogen (secondary N) is 1. The van der Waals surface area contributed by atoms with Crippen LogP contribution in [0.3, 0.4) is 0 Å². The minimum absolute atomic E-state index is 0.454. The molecule has 0 aliphatic rings. The van der Waals surface area contributed by atoms with E-state index >= 15 is 0 Å². The first kappa shape index (κ1) is 13.6. The van der Waals surface area contributed by atoms with Crippen LogP contribution in [0, 0.1) is 0 Å². The van der Waals surface area contributed by atoms with Crippen molar-refractivity contribution in [3.05, 3.63) is 18.0 Å². The molecular weight excluding hydrogens is 218 g/mol. The third kappa shape index (κ3) is 5.03. The zero-order valence-corrected chi connectivity index (χ0v) is 11.4. The lowest BCUT2D eigenvalue weighted by molar-refractivity contribution is 0.531. The van der Waals surface area contributed by atoms with Gasteiger partial charge in [0.05, 0.1) is 6.20 Å². The summed E-state index contributed by atoms with van der Waals surface area (Å²) in [5.41, 5.74) is 1.28. The summed E-state index contributed by atoms with van der Waals surface area (Å²) in [5, 5.41) is 7.77. The van der Waals surface area contributed by atoms with Gasteiger partial charge < -0.3 is 5.32 Å². The van der Waals surface area contributed by atoms with E-state index in [-0.39, 0.29) is 0 Å². The Morgan fingerprint density at radius 1 is 1.44 bits per heavy atom. The summed E-state index contributed by atoms with van der Waals surface area (Å²) < 4.78 is 2.00. The minimum atomic E-state index is 0.454. The van der Waals surface area contributed by atoms with Gasteiger partial charge in [-0.15, -0.1) is 0 Å². The van der Waals surface area contributed by atoms with Crippen LogP contribution >= 0.6 is 11.8 Å². The Morgan fingerprint density at radius 3 is 2.88 bits per heavy atom. The van der Waals surface area contributed by atoms with Crippen LogP contribution in [0.2, 0.25) is 0 Å². The molecule has 0 aliphatic carbocycles. The normalized spacial score (nSPS) is 11.2. The van der Waals surface area contributed by atoms with E-state index in [1.165, 1.54) is 24.2 Å². The van der Waals surface area contributed by atoms with E-state index in [2.05, 4.69) is 36.7 Å². The molecule has 0 spiro atoms. The second-order valence-corrected chi connectivity index (χ2v) is 5.28. The minimum Gasteiger partial charge on any atom is -0.313 e. The smallest absolute Gasteiger partial charge is 0.0534 e. The van der Waals surface area contributed by atoms with Crippen molar-refractivity contribution in [1.29, 1.82) is 0 Å². The van der Waals surface area contributed by atoms with Crippen LogP contribution in [-0.2, 0) is 6.54 Å². The van der Waals surface area contributed by atoms with E-state index in [1.807, 2.05) is 22.6 Å². The average molecular weight is 241 g/mol. The second-order valence-electron chi connectivity index (χ2n) is 4.30. The van der Waals surface area contributed by atoms with Crippen molar-refractivity contribution in [2.24, 2.45) is 0 Å². The largest absolute Gasteiger partial charge is 0.313 e. The third-order valence-electron chi connectivity index (χ3n) is 2.47. The standard InChI is InChI=1S/C12H23N3S/c1-11(2)15-10-12(9-14-15)8-13-6-4-5-7-16-3/h9-11,13H,4-8H2,1-3H3. The van der Waals surface area contributed by atoms with Crippen LogP contribution in [0.4, 0.5) is 0 Å². The van der Waals surface area contributed by atoms with E-state index in [0.29, 0.717) is 6.04 Å². The highest BCUT2D eigenvalue weighted by Gasteiger charge is 2.00. The number of thioether (sulfide) groups is 1.